The summed E-state index contributed by atoms with van der Waals surface area (Å²) < 4.78 is 5.72. The number of carbonyl (C=O) groups excluding carboxylic acids is 1. The number of piperidine rings is 1. The highest BCUT2D eigenvalue weighted by atomic mass is 16.5. The van der Waals surface area contributed by atoms with Crippen molar-refractivity contribution in [3.63, 3.8) is 0 Å². The molecule has 0 saturated carbocycles. The third kappa shape index (κ3) is 4.29. The van der Waals surface area contributed by atoms with Crippen LogP contribution in [0.1, 0.15) is 44.1 Å². The van der Waals surface area contributed by atoms with E-state index < -0.39 is 0 Å². The van der Waals surface area contributed by atoms with E-state index in [2.05, 4.69) is 21.8 Å². The average Bonchev–Trinajstić information content (AvgIpc) is 2.60. The molecule has 0 N–H and O–H groups in total. The predicted molar refractivity (Wildman–Crippen MR) is 97.6 cm³/mol. The minimum Gasteiger partial charge on any atom is -0.368 e. The fourth-order valence-corrected chi connectivity index (χ4v) is 3.88. The fraction of sp³-hybridized carbons (Fsp3) is 0.737. The molecule has 3 rings (SSSR count). The van der Waals surface area contributed by atoms with Gasteiger partial charge >= 0.3 is 0 Å². The first-order valence-corrected chi connectivity index (χ1v) is 9.39. The van der Waals surface area contributed by atoms with E-state index >= 15 is 0 Å². The Morgan fingerprint density at radius 2 is 1.96 bits per heavy atom. The molecule has 0 aromatic carbocycles. The van der Waals surface area contributed by atoms with Crippen molar-refractivity contribution >= 4 is 11.7 Å². The van der Waals surface area contributed by atoms with Crippen molar-refractivity contribution in [1.82, 2.24) is 14.9 Å². The van der Waals surface area contributed by atoms with Gasteiger partial charge in [0.2, 0.25) is 0 Å². The molecule has 0 aliphatic carbocycles. The van der Waals surface area contributed by atoms with E-state index in [1.807, 2.05) is 31.9 Å². The molecule has 0 bridgehead atoms. The Kier molecular flexibility index (Phi) is 5.57. The summed E-state index contributed by atoms with van der Waals surface area (Å²) in [4.78, 5) is 25.9. The number of nitrogens with zero attached hydrogens (tertiary/aromatic N) is 4. The van der Waals surface area contributed by atoms with Gasteiger partial charge in [-0.15, -0.1) is 0 Å². The number of carbonyl (C=O) groups is 1. The SMILES string of the molecule is Cc1cc(N2CCC(N(C)C(=O)[C@@H]3C[C@@H](C)CCO3)CC2)nc(C)n1. The van der Waals surface area contributed by atoms with Gasteiger partial charge in [-0.1, -0.05) is 6.92 Å². The Morgan fingerprint density at radius 1 is 1.24 bits per heavy atom. The van der Waals surface area contributed by atoms with Crippen molar-refractivity contribution in [3.8, 4) is 0 Å². The number of hydrogen-bond donors (Lipinski definition) is 0. The van der Waals surface area contributed by atoms with Crippen LogP contribution in [0.25, 0.3) is 0 Å². The van der Waals surface area contributed by atoms with E-state index in [1.54, 1.807) is 0 Å². The first-order valence-electron chi connectivity index (χ1n) is 9.39. The second-order valence-corrected chi connectivity index (χ2v) is 7.57. The third-order valence-corrected chi connectivity index (χ3v) is 5.46. The van der Waals surface area contributed by atoms with Gasteiger partial charge in [0.15, 0.2) is 0 Å². The van der Waals surface area contributed by atoms with Crippen LogP contribution in [0.4, 0.5) is 5.82 Å². The lowest BCUT2D eigenvalue weighted by molar-refractivity contribution is -0.149. The minimum absolute atomic E-state index is 0.152. The number of anilines is 1. The normalized spacial score (nSPS) is 25.0. The highest BCUT2D eigenvalue weighted by Crippen LogP contribution is 2.25. The van der Waals surface area contributed by atoms with Gasteiger partial charge in [0, 0.05) is 44.5 Å². The maximum Gasteiger partial charge on any atom is 0.251 e. The van der Waals surface area contributed by atoms with E-state index in [0.29, 0.717) is 12.5 Å². The summed E-state index contributed by atoms with van der Waals surface area (Å²) in [5.74, 6) is 2.54. The molecule has 2 aliphatic heterocycles. The van der Waals surface area contributed by atoms with Crippen LogP contribution in [0.15, 0.2) is 6.07 Å². The van der Waals surface area contributed by atoms with Crippen molar-refractivity contribution in [2.24, 2.45) is 5.92 Å². The molecule has 6 nitrogen and oxygen atoms in total. The number of hydrogen-bond acceptors (Lipinski definition) is 5. The smallest absolute Gasteiger partial charge is 0.251 e. The quantitative estimate of drug-likeness (QED) is 0.841. The number of ether oxygens (including phenoxy) is 1. The molecule has 2 aliphatic rings. The summed E-state index contributed by atoms with van der Waals surface area (Å²) in [5, 5.41) is 0. The fourth-order valence-electron chi connectivity index (χ4n) is 3.88. The molecule has 2 saturated heterocycles. The second-order valence-electron chi connectivity index (χ2n) is 7.57. The van der Waals surface area contributed by atoms with E-state index in [9.17, 15) is 4.79 Å². The van der Waals surface area contributed by atoms with E-state index in [-0.39, 0.29) is 18.1 Å². The van der Waals surface area contributed by atoms with Gasteiger partial charge in [0.1, 0.15) is 17.7 Å². The maximum absolute atomic E-state index is 12.8. The zero-order valence-electron chi connectivity index (χ0n) is 15.9. The lowest BCUT2D eigenvalue weighted by atomic mass is 9.96. The van der Waals surface area contributed by atoms with Crippen LogP contribution in [0, 0.1) is 19.8 Å². The number of rotatable bonds is 3. The van der Waals surface area contributed by atoms with Gasteiger partial charge in [-0.3, -0.25) is 4.79 Å². The summed E-state index contributed by atoms with van der Waals surface area (Å²) in [6, 6.07) is 2.33. The predicted octanol–water partition coefficient (Wildman–Crippen LogP) is 2.34. The number of aryl methyl sites for hydroxylation is 2. The minimum atomic E-state index is -0.251. The van der Waals surface area contributed by atoms with E-state index in [1.165, 1.54) is 0 Å². The lowest BCUT2D eigenvalue weighted by Crippen LogP contribution is -2.50. The standard InChI is InChI=1S/C19H30N4O2/c1-13-7-10-25-17(11-13)19(24)22(4)16-5-8-23(9-6-16)18-12-14(2)20-15(3)21-18/h12-13,16-17H,5-11H2,1-4H3/t13-,17-/m0/s1. The van der Waals surface area contributed by atoms with Gasteiger partial charge in [0.25, 0.3) is 5.91 Å². The van der Waals surface area contributed by atoms with Crippen molar-refractivity contribution in [2.45, 2.75) is 58.6 Å². The molecular weight excluding hydrogens is 316 g/mol. The van der Waals surface area contributed by atoms with E-state index in [4.69, 9.17) is 4.74 Å². The average molecular weight is 346 g/mol. The van der Waals surface area contributed by atoms with E-state index in [0.717, 1.165) is 56.1 Å². The number of aromatic nitrogens is 2. The molecular formula is C19H30N4O2. The van der Waals surface area contributed by atoms with Crippen LogP contribution in [0.3, 0.4) is 0 Å². The number of amides is 1. The summed E-state index contributed by atoms with van der Waals surface area (Å²) >= 11 is 0. The van der Waals surface area contributed by atoms with Gasteiger partial charge in [0.05, 0.1) is 0 Å². The van der Waals surface area contributed by atoms with Crippen LogP contribution < -0.4 is 4.90 Å². The summed E-state index contributed by atoms with van der Waals surface area (Å²) in [6.07, 6.45) is 3.59. The zero-order valence-corrected chi connectivity index (χ0v) is 15.9. The molecule has 138 valence electrons. The van der Waals surface area contributed by atoms with Gasteiger partial charge in [-0.25, -0.2) is 9.97 Å². The van der Waals surface area contributed by atoms with Crippen LogP contribution in [0.2, 0.25) is 0 Å². The van der Waals surface area contributed by atoms with Crippen molar-refractivity contribution < 1.29 is 9.53 Å². The highest BCUT2D eigenvalue weighted by molar-refractivity contribution is 5.81. The molecule has 3 heterocycles. The maximum atomic E-state index is 12.8. The van der Waals surface area contributed by atoms with Crippen molar-refractivity contribution in [3.05, 3.63) is 17.6 Å². The summed E-state index contributed by atoms with van der Waals surface area (Å²) in [6.45, 7) is 8.67. The van der Waals surface area contributed by atoms with Gasteiger partial charge < -0.3 is 14.5 Å². The summed E-state index contributed by atoms with van der Waals surface area (Å²) in [5.41, 5.74) is 1.00. The monoisotopic (exact) mass is 346 g/mol. The Balaban J connectivity index is 1.57. The third-order valence-electron chi connectivity index (χ3n) is 5.46. The first kappa shape index (κ1) is 18.1. The molecule has 0 unspecified atom stereocenters. The molecule has 0 spiro atoms. The Hall–Kier alpha value is -1.69. The lowest BCUT2D eigenvalue weighted by Gasteiger charge is -2.39. The Bertz CT molecular complexity index is 593. The number of likely N-dealkylation sites (N-methyl/N-ethyl adjacent to an activating group) is 1. The molecule has 0 radical (unpaired) electrons. The Labute approximate surface area is 150 Å². The van der Waals surface area contributed by atoms with Crippen molar-refractivity contribution in [2.75, 3.05) is 31.6 Å². The highest BCUT2D eigenvalue weighted by Gasteiger charge is 2.32. The first-order chi connectivity index (χ1) is 11.9. The molecule has 2 fully saturated rings. The van der Waals surface area contributed by atoms with Gasteiger partial charge in [-0.2, -0.15) is 0 Å². The molecule has 2 atom stereocenters. The molecule has 1 aromatic rings. The molecule has 25 heavy (non-hydrogen) atoms. The van der Waals surface area contributed by atoms with Crippen LogP contribution in [0.5, 0.6) is 0 Å². The van der Waals surface area contributed by atoms with Crippen LogP contribution in [-0.4, -0.2) is 59.7 Å². The molecule has 1 amide bonds. The molecule has 6 heteroatoms. The zero-order chi connectivity index (χ0) is 18.0. The van der Waals surface area contributed by atoms with Crippen LogP contribution >= 0.6 is 0 Å². The Morgan fingerprint density at radius 3 is 2.60 bits per heavy atom. The topological polar surface area (TPSA) is 58.6 Å². The van der Waals surface area contributed by atoms with Crippen LogP contribution in [-0.2, 0) is 9.53 Å². The largest absolute Gasteiger partial charge is 0.368 e. The summed E-state index contributed by atoms with van der Waals surface area (Å²) in [7, 11) is 1.93. The second kappa shape index (κ2) is 7.68. The van der Waals surface area contributed by atoms with Gasteiger partial charge in [-0.05, 0) is 45.4 Å². The molecule has 1 aromatic heterocycles. The van der Waals surface area contributed by atoms with Crippen molar-refractivity contribution in [1.29, 1.82) is 0 Å².